The Morgan fingerprint density at radius 3 is 2.55 bits per heavy atom. The molecule has 2 nitrogen and oxygen atoms in total. The molecule has 0 bridgehead atoms. The highest BCUT2D eigenvalue weighted by molar-refractivity contribution is 5.39. The van der Waals surface area contributed by atoms with Gasteiger partial charge in [0, 0.05) is 6.42 Å². The van der Waals surface area contributed by atoms with Crippen LogP contribution in [0.4, 0.5) is 4.39 Å². The molecular formula is C17H19FO2. The lowest BCUT2D eigenvalue weighted by molar-refractivity contribution is 0.176. The van der Waals surface area contributed by atoms with Crippen molar-refractivity contribution < 1.29 is 14.2 Å². The zero-order valence-corrected chi connectivity index (χ0v) is 12.0. The Kier molecular flexibility index (Phi) is 4.40. The summed E-state index contributed by atoms with van der Waals surface area (Å²) in [6.45, 7) is 3.80. The molecule has 20 heavy (non-hydrogen) atoms. The topological polar surface area (TPSA) is 29.5 Å². The fraction of sp³-hybridized carbons (Fsp3) is 0.294. The third-order valence-electron chi connectivity index (χ3n) is 3.44. The van der Waals surface area contributed by atoms with Gasteiger partial charge in [0.05, 0.1) is 13.2 Å². The molecule has 0 aliphatic heterocycles. The van der Waals surface area contributed by atoms with Crippen LogP contribution in [0.5, 0.6) is 5.75 Å². The molecule has 0 fully saturated rings. The zero-order chi connectivity index (χ0) is 14.7. The lowest BCUT2D eigenvalue weighted by Gasteiger charge is -2.16. The average molecular weight is 274 g/mol. The maximum Gasteiger partial charge on any atom is 0.123 e. The molecule has 106 valence electrons. The molecule has 0 saturated carbocycles. The minimum Gasteiger partial charge on any atom is -0.496 e. The van der Waals surface area contributed by atoms with E-state index >= 15 is 0 Å². The van der Waals surface area contributed by atoms with E-state index < -0.39 is 6.10 Å². The molecule has 1 unspecified atom stereocenters. The summed E-state index contributed by atoms with van der Waals surface area (Å²) in [5, 5.41) is 10.4. The van der Waals surface area contributed by atoms with Crippen LogP contribution >= 0.6 is 0 Å². The fourth-order valence-electron chi connectivity index (χ4n) is 2.40. The lowest BCUT2D eigenvalue weighted by Crippen LogP contribution is -2.05. The molecule has 0 saturated heterocycles. The Balaban J connectivity index is 2.27. The molecule has 0 spiro atoms. The van der Waals surface area contributed by atoms with Gasteiger partial charge < -0.3 is 9.84 Å². The summed E-state index contributed by atoms with van der Waals surface area (Å²) in [6.07, 6.45) is -0.233. The maximum absolute atomic E-state index is 13.1. The van der Waals surface area contributed by atoms with Crippen molar-refractivity contribution >= 4 is 0 Å². The van der Waals surface area contributed by atoms with Crippen LogP contribution in [-0.2, 0) is 6.42 Å². The smallest absolute Gasteiger partial charge is 0.123 e. The van der Waals surface area contributed by atoms with Gasteiger partial charge in [-0.2, -0.15) is 0 Å². The second-order valence-electron chi connectivity index (χ2n) is 5.04. The summed E-state index contributed by atoms with van der Waals surface area (Å²) < 4.78 is 18.4. The molecule has 2 aromatic rings. The van der Waals surface area contributed by atoms with E-state index in [-0.39, 0.29) is 5.82 Å². The molecule has 0 aromatic heterocycles. The van der Waals surface area contributed by atoms with Gasteiger partial charge in [-0.1, -0.05) is 23.8 Å². The largest absolute Gasteiger partial charge is 0.496 e. The monoisotopic (exact) mass is 274 g/mol. The van der Waals surface area contributed by atoms with Crippen LogP contribution in [0.2, 0.25) is 0 Å². The van der Waals surface area contributed by atoms with E-state index in [1.54, 1.807) is 20.1 Å². The molecule has 1 N–H and O–H groups in total. The van der Waals surface area contributed by atoms with Crippen molar-refractivity contribution in [1.82, 2.24) is 0 Å². The highest BCUT2D eigenvalue weighted by Gasteiger charge is 2.14. The number of halogens is 1. The van der Waals surface area contributed by atoms with E-state index in [1.807, 2.05) is 25.1 Å². The van der Waals surface area contributed by atoms with E-state index in [4.69, 9.17) is 4.74 Å². The summed E-state index contributed by atoms with van der Waals surface area (Å²) >= 11 is 0. The Labute approximate surface area is 118 Å². The number of hydrogen-bond donors (Lipinski definition) is 1. The number of aliphatic hydroxyl groups excluding tert-OH is 1. The van der Waals surface area contributed by atoms with Gasteiger partial charge in [0.15, 0.2) is 0 Å². The van der Waals surface area contributed by atoms with E-state index in [1.165, 1.54) is 12.1 Å². The van der Waals surface area contributed by atoms with Crippen LogP contribution in [0.15, 0.2) is 36.4 Å². The van der Waals surface area contributed by atoms with Crippen molar-refractivity contribution in [3.63, 3.8) is 0 Å². The molecule has 0 aliphatic carbocycles. The number of aliphatic hydroxyl groups is 1. The minimum atomic E-state index is -0.675. The first-order chi connectivity index (χ1) is 9.51. The van der Waals surface area contributed by atoms with Gasteiger partial charge in [0.1, 0.15) is 11.6 Å². The third kappa shape index (κ3) is 3.17. The van der Waals surface area contributed by atoms with Gasteiger partial charge in [-0.05, 0) is 48.7 Å². The molecule has 0 radical (unpaired) electrons. The quantitative estimate of drug-likeness (QED) is 0.920. The van der Waals surface area contributed by atoms with Gasteiger partial charge in [0.2, 0.25) is 0 Å². The van der Waals surface area contributed by atoms with E-state index in [0.29, 0.717) is 6.42 Å². The van der Waals surface area contributed by atoms with Crippen LogP contribution in [0.3, 0.4) is 0 Å². The number of benzene rings is 2. The van der Waals surface area contributed by atoms with Crippen molar-refractivity contribution in [3.8, 4) is 5.75 Å². The predicted molar refractivity (Wildman–Crippen MR) is 77.5 cm³/mol. The molecule has 2 aromatic carbocycles. The number of methoxy groups -OCH3 is 1. The van der Waals surface area contributed by atoms with Crippen LogP contribution in [-0.4, -0.2) is 12.2 Å². The zero-order valence-electron chi connectivity index (χ0n) is 12.0. The van der Waals surface area contributed by atoms with Gasteiger partial charge in [0.25, 0.3) is 0 Å². The minimum absolute atomic E-state index is 0.286. The van der Waals surface area contributed by atoms with Crippen molar-refractivity contribution in [1.29, 1.82) is 0 Å². The summed E-state index contributed by atoms with van der Waals surface area (Å²) in [5.74, 6) is 0.473. The lowest BCUT2D eigenvalue weighted by atomic mass is 9.96. The van der Waals surface area contributed by atoms with Crippen molar-refractivity contribution in [2.75, 3.05) is 7.11 Å². The van der Waals surface area contributed by atoms with Crippen LogP contribution in [0.1, 0.15) is 28.4 Å². The summed E-state index contributed by atoms with van der Waals surface area (Å²) in [4.78, 5) is 0. The first-order valence-corrected chi connectivity index (χ1v) is 6.59. The van der Waals surface area contributed by atoms with Crippen molar-refractivity contribution in [3.05, 3.63) is 64.5 Å². The molecule has 0 amide bonds. The molecular weight excluding hydrogens is 255 g/mol. The Morgan fingerprint density at radius 2 is 1.90 bits per heavy atom. The van der Waals surface area contributed by atoms with E-state index in [0.717, 1.165) is 28.0 Å². The van der Waals surface area contributed by atoms with Gasteiger partial charge in [-0.25, -0.2) is 4.39 Å². The molecule has 0 heterocycles. The number of aryl methyl sites for hydroxylation is 2. The van der Waals surface area contributed by atoms with Crippen molar-refractivity contribution in [2.45, 2.75) is 26.4 Å². The first kappa shape index (κ1) is 14.5. The highest BCUT2D eigenvalue weighted by atomic mass is 19.1. The first-order valence-electron chi connectivity index (χ1n) is 6.59. The fourth-order valence-corrected chi connectivity index (χ4v) is 2.40. The molecule has 2 rings (SSSR count). The standard InChI is InChI=1S/C17H19FO2/c1-11-4-7-17(20-3)13(8-11)10-16(19)15-6-5-14(18)9-12(15)2/h4-9,16,19H,10H2,1-3H3. The average Bonchev–Trinajstić information content (AvgIpc) is 2.38. The van der Waals surface area contributed by atoms with E-state index in [9.17, 15) is 9.50 Å². The van der Waals surface area contributed by atoms with Gasteiger partial charge >= 0.3 is 0 Å². The van der Waals surface area contributed by atoms with Gasteiger partial charge in [-0.3, -0.25) is 0 Å². The van der Waals surface area contributed by atoms with Crippen LogP contribution < -0.4 is 4.74 Å². The molecule has 0 aliphatic rings. The molecule has 1 atom stereocenters. The van der Waals surface area contributed by atoms with Gasteiger partial charge in [-0.15, -0.1) is 0 Å². The predicted octanol–water partition coefficient (Wildman–Crippen LogP) is 3.73. The Morgan fingerprint density at radius 1 is 1.15 bits per heavy atom. The normalized spacial score (nSPS) is 12.2. The maximum atomic E-state index is 13.1. The highest BCUT2D eigenvalue weighted by Crippen LogP contribution is 2.27. The van der Waals surface area contributed by atoms with E-state index in [2.05, 4.69) is 0 Å². The summed E-state index contributed by atoms with van der Waals surface area (Å²) in [5.41, 5.74) is 3.56. The Bertz CT molecular complexity index is 608. The summed E-state index contributed by atoms with van der Waals surface area (Å²) in [7, 11) is 1.61. The number of hydrogen-bond acceptors (Lipinski definition) is 2. The van der Waals surface area contributed by atoms with Crippen molar-refractivity contribution in [2.24, 2.45) is 0 Å². The Hall–Kier alpha value is -1.87. The second-order valence-corrected chi connectivity index (χ2v) is 5.04. The second kappa shape index (κ2) is 6.06. The summed E-state index contributed by atoms with van der Waals surface area (Å²) in [6, 6.07) is 10.3. The van der Waals surface area contributed by atoms with Crippen LogP contribution in [0, 0.1) is 19.7 Å². The molecule has 3 heteroatoms. The number of ether oxygens (including phenoxy) is 1. The number of rotatable bonds is 4. The van der Waals surface area contributed by atoms with Crippen LogP contribution in [0.25, 0.3) is 0 Å². The SMILES string of the molecule is COc1ccc(C)cc1CC(O)c1ccc(F)cc1C. The third-order valence-corrected chi connectivity index (χ3v) is 3.44.